The summed E-state index contributed by atoms with van der Waals surface area (Å²) in [5, 5.41) is 0. The van der Waals surface area contributed by atoms with Gasteiger partial charge in [0.1, 0.15) is 6.61 Å². The van der Waals surface area contributed by atoms with Gasteiger partial charge in [-0.05, 0) is 19.8 Å². The summed E-state index contributed by atoms with van der Waals surface area (Å²) in [5.41, 5.74) is 0. The largest absolute Gasteiger partial charge is 0.469 e. The van der Waals surface area contributed by atoms with E-state index in [0.717, 1.165) is 0 Å². The number of amides is 1. The SMILES string of the molecule is COC(=O)CCN(CC(C)C)C(=O)COC(C)C. The fraction of sp³-hybridized carbons (Fsp3) is 0.846. The van der Waals surface area contributed by atoms with Crippen molar-refractivity contribution in [2.75, 3.05) is 26.8 Å². The molecule has 0 bridgehead atoms. The van der Waals surface area contributed by atoms with Gasteiger partial charge >= 0.3 is 5.97 Å². The van der Waals surface area contributed by atoms with E-state index in [1.165, 1.54) is 7.11 Å². The van der Waals surface area contributed by atoms with Crippen LogP contribution in [-0.2, 0) is 19.1 Å². The van der Waals surface area contributed by atoms with Gasteiger partial charge in [0, 0.05) is 13.1 Å². The maximum Gasteiger partial charge on any atom is 0.307 e. The summed E-state index contributed by atoms with van der Waals surface area (Å²) in [7, 11) is 1.35. The van der Waals surface area contributed by atoms with Crippen LogP contribution in [0, 0.1) is 5.92 Å². The number of carbonyl (C=O) groups is 2. The number of methoxy groups -OCH3 is 1. The van der Waals surface area contributed by atoms with Gasteiger partial charge in [-0.25, -0.2) is 0 Å². The summed E-state index contributed by atoms with van der Waals surface area (Å²) in [6, 6.07) is 0. The number of hydrogen-bond donors (Lipinski definition) is 0. The van der Waals surface area contributed by atoms with Crippen LogP contribution in [0.25, 0.3) is 0 Å². The van der Waals surface area contributed by atoms with Gasteiger partial charge in [-0.2, -0.15) is 0 Å². The molecule has 0 heterocycles. The minimum atomic E-state index is -0.304. The summed E-state index contributed by atoms with van der Waals surface area (Å²) in [4.78, 5) is 24.7. The molecule has 106 valence electrons. The minimum absolute atomic E-state index is 0.0236. The van der Waals surface area contributed by atoms with E-state index in [-0.39, 0.29) is 31.0 Å². The van der Waals surface area contributed by atoms with Crippen LogP contribution in [0.4, 0.5) is 0 Å². The Hall–Kier alpha value is -1.10. The Bertz CT molecular complexity index is 264. The molecule has 0 saturated carbocycles. The number of esters is 1. The van der Waals surface area contributed by atoms with E-state index in [4.69, 9.17) is 4.74 Å². The molecule has 0 N–H and O–H groups in total. The third-order valence-corrected chi connectivity index (χ3v) is 2.29. The highest BCUT2D eigenvalue weighted by Gasteiger charge is 2.16. The van der Waals surface area contributed by atoms with Crippen molar-refractivity contribution >= 4 is 11.9 Å². The molecule has 0 rings (SSSR count). The normalized spacial score (nSPS) is 10.8. The molecule has 18 heavy (non-hydrogen) atoms. The molecule has 0 fully saturated rings. The summed E-state index contributed by atoms with van der Waals surface area (Å²) in [5.74, 6) is -0.0340. The van der Waals surface area contributed by atoms with E-state index >= 15 is 0 Å². The van der Waals surface area contributed by atoms with Crippen molar-refractivity contribution in [3.63, 3.8) is 0 Å². The Kier molecular flexibility index (Phi) is 8.37. The quantitative estimate of drug-likeness (QED) is 0.619. The van der Waals surface area contributed by atoms with E-state index in [2.05, 4.69) is 4.74 Å². The second-order valence-electron chi connectivity index (χ2n) is 4.92. The molecule has 1 amide bonds. The number of ether oxygens (including phenoxy) is 2. The van der Waals surface area contributed by atoms with E-state index in [1.54, 1.807) is 4.90 Å². The Morgan fingerprint density at radius 2 is 1.78 bits per heavy atom. The van der Waals surface area contributed by atoms with Crippen molar-refractivity contribution in [1.29, 1.82) is 0 Å². The average Bonchev–Trinajstić information content (AvgIpc) is 2.30. The van der Waals surface area contributed by atoms with Gasteiger partial charge in [-0.3, -0.25) is 9.59 Å². The van der Waals surface area contributed by atoms with Gasteiger partial charge in [0.2, 0.25) is 5.91 Å². The van der Waals surface area contributed by atoms with E-state index in [0.29, 0.717) is 19.0 Å². The predicted molar refractivity (Wildman–Crippen MR) is 69.1 cm³/mol. The number of carbonyl (C=O) groups excluding carboxylic acids is 2. The Morgan fingerprint density at radius 1 is 1.17 bits per heavy atom. The number of hydrogen-bond acceptors (Lipinski definition) is 4. The average molecular weight is 259 g/mol. The van der Waals surface area contributed by atoms with Crippen LogP contribution >= 0.6 is 0 Å². The molecule has 5 heteroatoms. The standard InChI is InChI=1S/C13H25NO4/c1-10(2)8-14(7-6-13(16)17-5)12(15)9-18-11(3)4/h10-11H,6-9H2,1-5H3. The number of rotatable bonds is 8. The van der Waals surface area contributed by atoms with Crippen LogP contribution in [-0.4, -0.2) is 49.7 Å². The monoisotopic (exact) mass is 259 g/mol. The highest BCUT2D eigenvalue weighted by molar-refractivity contribution is 5.78. The van der Waals surface area contributed by atoms with E-state index in [1.807, 2.05) is 27.7 Å². The molecular formula is C13H25NO4. The first-order valence-electron chi connectivity index (χ1n) is 6.33. The molecule has 0 aromatic heterocycles. The predicted octanol–water partition coefficient (Wildman–Crippen LogP) is 1.46. The lowest BCUT2D eigenvalue weighted by atomic mass is 10.2. The molecule has 0 aromatic carbocycles. The van der Waals surface area contributed by atoms with Crippen molar-refractivity contribution in [2.24, 2.45) is 5.92 Å². The lowest BCUT2D eigenvalue weighted by molar-refractivity contribution is -0.143. The van der Waals surface area contributed by atoms with Crippen molar-refractivity contribution in [3.05, 3.63) is 0 Å². The Morgan fingerprint density at radius 3 is 2.22 bits per heavy atom. The zero-order valence-electron chi connectivity index (χ0n) is 12.1. The molecule has 0 unspecified atom stereocenters. The molecule has 0 aliphatic heterocycles. The summed E-state index contributed by atoms with van der Waals surface area (Å²) in [6.45, 7) is 8.89. The van der Waals surface area contributed by atoms with Gasteiger partial charge in [0.15, 0.2) is 0 Å². The maximum absolute atomic E-state index is 11.9. The van der Waals surface area contributed by atoms with Crippen LogP contribution in [0.5, 0.6) is 0 Å². The van der Waals surface area contributed by atoms with Crippen molar-refractivity contribution in [3.8, 4) is 0 Å². The molecule has 0 spiro atoms. The van der Waals surface area contributed by atoms with Crippen molar-refractivity contribution in [1.82, 2.24) is 4.90 Å². The fourth-order valence-corrected chi connectivity index (χ4v) is 1.42. The zero-order chi connectivity index (χ0) is 14.1. The van der Waals surface area contributed by atoms with Crippen molar-refractivity contribution in [2.45, 2.75) is 40.2 Å². The van der Waals surface area contributed by atoms with Crippen molar-refractivity contribution < 1.29 is 19.1 Å². The second-order valence-corrected chi connectivity index (χ2v) is 4.92. The molecular weight excluding hydrogens is 234 g/mol. The molecule has 0 saturated heterocycles. The molecule has 0 aliphatic rings. The zero-order valence-corrected chi connectivity index (χ0v) is 12.1. The van der Waals surface area contributed by atoms with Crippen LogP contribution in [0.2, 0.25) is 0 Å². The van der Waals surface area contributed by atoms with Crippen LogP contribution in [0.1, 0.15) is 34.1 Å². The van der Waals surface area contributed by atoms with Gasteiger partial charge in [-0.1, -0.05) is 13.8 Å². The lowest BCUT2D eigenvalue weighted by Crippen LogP contribution is -2.38. The first-order valence-corrected chi connectivity index (χ1v) is 6.33. The summed E-state index contributed by atoms with van der Waals surface area (Å²) >= 11 is 0. The fourth-order valence-electron chi connectivity index (χ4n) is 1.42. The summed E-state index contributed by atoms with van der Waals surface area (Å²) < 4.78 is 9.87. The van der Waals surface area contributed by atoms with Gasteiger partial charge in [0.05, 0.1) is 19.6 Å². The molecule has 5 nitrogen and oxygen atoms in total. The van der Waals surface area contributed by atoms with Crippen LogP contribution in [0.3, 0.4) is 0 Å². The Labute approximate surface area is 109 Å². The minimum Gasteiger partial charge on any atom is -0.469 e. The maximum atomic E-state index is 11.9. The smallest absolute Gasteiger partial charge is 0.307 e. The number of nitrogens with zero attached hydrogens (tertiary/aromatic N) is 1. The second kappa shape index (κ2) is 8.91. The first kappa shape index (κ1) is 16.9. The topological polar surface area (TPSA) is 55.8 Å². The third kappa shape index (κ3) is 8.06. The van der Waals surface area contributed by atoms with Gasteiger partial charge in [-0.15, -0.1) is 0 Å². The third-order valence-electron chi connectivity index (χ3n) is 2.29. The Balaban J connectivity index is 4.28. The molecule has 0 aromatic rings. The van der Waals surface area contributed by atoms with Crippen LogP contribution < -0.4 is 0 Å². The first-order chi connectivity index (χ1) is 8.36. The summed E-state index contributed by atoms with van der Waals surface area (Å²) in [6.07, 6.45) is 0.242. The van der Waals surface area contributed by atoms with E-state index < -0.39 is 0 Å². The molecule has 0 aliphatic carbocycles. The van der Waals surface area contributed by atoms with Gasteiger partial charge in [0.25, 0.3) is 0 Å². The highest BCUT2D eigenvalue weighted by Crippen LogP contribution is 2.03. The van der Waals surface area contributed by atoms with Crippen LogP contribution in [0.15, 0.2) is 0 Å². The van der Waals surface area contributed by atoms with E-state index in [9.17, 15) is 9.59 Å². The molecule has 0 atom stereocenters. The lowest BCUT2D eigenvalue weighted by Gasteiger charge is -2.24. The highest BCUT2D eigenvalue weighted by atomic mass is 16.5. The van der Waals surface area contributed by atoms with Gasteiger partial charge < -0.3 is 14.4 Å². The molecule has 0 radical (unpaired) electrons.